The third-order valence-electron chi connectivity index (χ3n) is 14.7. The van der Waals surface area contributed by atoms with Crippen LogP contribution in [0.4, 0.5) is 0 Å². The van der Waals surface area contributed by atoms with Crippen LogP contribution in [0.5, 0.6) is 0 Å². The molecule has 12 N–H and O–H groups in total. The highest BCUT2D eigenvalue weighted by Gasteiger charge is 2.58. The van der Waals surface area contributed by atoms with Crippen LogP contribution in [0.1, 0.15) is 194 Å². The van der Waals surface area contributed by atoms with Crippen molar-refractivity contribution >= 4 is 19.8 Å². The van der Waals surface area contributed by atoms with E-state index >= 15 is 0 Å². The number of aliphatic hydroxyl groups excluding tert-OH is 11. The molecule has 18 atom stereocenters. The molecule has 23 nitrogen and oxygen atoms in total. The molecule has 3 rings (SSSR count). The highest BCUT2D eigenvalue weighted by Crippen LogP contribution is 2.49. The van der Waals surface area contributed by atoms with Crippen LogP contribution in [0.2, 0.25) is 0 Å². The number of phosphoric ester groups is 1. The van der Waals surface area contributed by atoms with Crippen LogP contribution in [0, 0.1) is 0 Å². The van der Waals surface area contributed by atoms with E-state index in [2.05, 4.69) is 13.8 Å². The zero-order valence-electron chi connectivity index (χ0n) is 45.7. The van der Waals surface area contributed by atoms with Crippen molar-refractivity contribution in [2.45, 2.75) is 298 Å². The van der Waals surface area contributed by atoms with E-state index < -0.39 is 150 Å². The van der Waals surface area contributed by atoms with Crippen molar-refractivity contribution in [1.82, 2.24) is 0 Å². The molecule has 3 fully saturated rings. The van der Waals surface area contributed by atoms with E-state index in [0.717, 1.165) is 57.8 Å². The second kappa shape index (κ2) is 39.0. The maximum Gasteiger partial charge on any atom is 0.472 e. The molecule has 2 saturated heterocycles. The minimum Gasteiger partial charge on any atom is -0.462 e. The van der Waals surface area contributed by atoms with Crippen molar-refractivity contribution in [3.05, 3.63) is 0 Å². The van der Waals surface area contributed by atoms with Gasteiger partial charge in [0.25, 0.3) is 0 Å². The minimum absolute atomic E-state index is 0.0258. The predicted octanol–water partition coefficient (Wildman–Crippen LogP) is 3.37. The molecule has 0 amide bonds. The van der Waals surface area contributed by atoms with E-state index in [4.69, 9.17) is 37.5 Å². The lowest BCUT2D eigenvalue weighted by molar-refractivity contribution is -0.360. The Morgan fingerprint density at radius 3 is 1.14 bits per heavy atom. The lowest BCUT2D eigenvalue weighted by Crippen LogP contribution is -2.69. The number of rotatable bonds is 42. The minimum atomic E-state index is -5.63. The maximum absolute atomic E-state index is 14.0. The summed E-state index contributed by atoms with van der Waals surface area (Å²) in [4.78, 5) is 37.4. The fourth-order valence-corrected chi connectivity index (χ4v) is 10.8. The summed E-state index contributed by atoms with van der Waals surface area (Å²) >= 11 is 0. The van der Waals surface area contributed by atoms with Gasteiger partial charge in [-0.15, -0.1) is 0 Å². The number of carbonyl (C=O) groups is 2. The Labute approximate surface area is 455 Å². The molecule has 0 bridgehead atoms. The Balaban J connectivity index is 1.71. The second-order valence-corrected chi connectivity index (χ2v) is 22.6. The molecule has 1 aliphatic carbocycles. The largest absolute Gasteiger partial charge is 0.472 e. The standard InChI is InChI=1S/C53H99O23P/c1-3-5-7-9-11-13-15-16-17-18-20-21-23-25-27-29-38(56)69-33-35(71-39(57)30-28-26-24-22-19-14-12-10-8-6-4-2)34-70-77(67,68)76-51-49(74-52-47(65)42(60)40(58)36(31-54)72-52)45(63)44(62)46(64)50(51)75-53-48(66)43(61)41(59)37(32-55)73-53/h35-37,40-55,58-66H,3-34H2,1-2H3,(H,67,68)/t35-,36?,37?,40-,41+,42?,43?,44?,45?,46?,47-,48+,49-,50?,51?,52-,53+/m1/s1. The van der Waals surface area contributed by atoms with Crippen LogP contribution in [0.3, 0.4) is 0 Å². The third kappa shape index (κ3) is 25.2. The molecular formula is C53H99O23P. The number of phosphoric acid groups is 1. The summed E-state index contributed by atoms with van der Waals surface area (Å²) in [6.07, 6.45) is -6.11. The van der Waals surface area contributed by atoms with Gasteiger partial charge in [-0.2, -0.15) is 0 Å². The fourth-order valence-electron chi connectivity index (χ4n) is 9.83. The molecule has 0 aromatic carbocycles. The monoisotopic (exact) mass is 1130 g/mol. The summed E-state index contributed by atoms with van der Waals surface area (Å²) < 4.78 is 58.0. The molecule has 77 heavy (non-hydrogen) atoms. The molecule has 24 heteroatoms. The number of unbranched alkanes of at least 4 members (excludes halogenated alkanes) is 24. The average molecular weight is 1140 g/mol. The SMILES string of the molecule is CCCCCCCCCCCCCCCCCC(=O)OC[C@H](COP(=O)(O)OC1C(O[C@@H]2OC(CO)[C@H](O)C(O)[C@@H]2O)C(O)C(O)C(O)[C@H]1O[C@H]1OC(CO)[C@@H](O)C(O)[C@H]1O)OC(=O)CCCCCCCCCCCCC. The van der Waals surface area contributed by atoms with Crippen molar-refractivity contribution < 1.29 is 113 Å². The molecule has 2 aliphatic heterocycles. The Morgan fingerprint density at radius 1 is 0.442 bits per heavy atom. The molecule has 0 aromatic rings. The first-order valence-electron chi connectivity index (χ1n) is 28.9. The third-order valence-corrected chi connectivity index (χ3v) is 15.7. The smallest absolute Gasteiger partial charge is 0.462 e. The number of carbonyl (C=O) groups excluding carboxylic acids is 2. The maximum atomic E-state index is 14.0. The summed E-state index contributed by atoms with van der Waals surface area (Å²) in [6, 6.07) is 0. The van der Waals surface area contributed by atoms with Crippen molar-refractivity contribution in [3.8, 4) is 0 Å². The summed E-state index contributed by atoms with van der Waals surface area (Å²) in [5, 5.41) is 116. The van der Waals surface area contributed by atoms with E-state index in [9.17, 15) is 75.2 Å². The van der Waals surface area contributed by atoms with Gasteiger partial charge in [0.2, 0.25) is 0 Å². The van der Waals surface area contributed by atoms with Gasteiger partial charge in [-0.05, 0) is 12.8 Å². The lowest BCUT2D eigenvalue weighted by atomic mass is 9.84. The Bertz CT molecular complexity index is 1550. The molecule has 2 heterocycles. The molecule has 0 radical (unpaired) electrons. The molecule has 0 spiro atoms. The lowest BCUT2D eigenvalue weighted by Gasteiger charge is -2.49. The van der Waals surface area contributed by atoms with Gasteiger partial charge in [0, 0.05) is 12.8 Å². The van der Waals surface area contributed by atoms with Crippen LogP contribution in [0.15, 0.2) is 0 Å². The van der Waals surface area contributed by atoms with Crippen LogP contribution in [-0.4, -0.2) is 204 Å². The molecule has 1 saturated carbocycles. The molecular weight excluding hydrogens is 1040 g/mol. The number of esters is 2. The highest BCUT2D eigenvalue weighted by atomic mass is 31.2. The highest BCUT2D eigenvalue weighted by molar-refractivity contribution is 7.47. The topological polar surface area (TPSA) is 368 Å². The Kier molecular flexibility index (Phi) is 35.3. The fraction of sp³-hybridized carbons (Fsp3) is 0.962. The number of ether oxygens (including phenoxy) is 6. The molecule has 0 aromatic heterocycles. The predicted molar refractivity (Wildman–Crippen MR) is 277 cm³/mol. The zero-order chi connectivity index (χ0) is 56.8. The van der Waals surface area contributed by atoms with E-state index in [1.54, 1.807) is 0 Å². The van der Waals surface area contributed by atoms with Crippen molar-refractivity contribution in [1.29, 1.82) is 0 Å². The molecule has 454 valence electrons. The second-order valence-electron chi connectivity index (χ2n) is 21.2. The number of hydrogen-bond acceptors (Lipinski definition) is 22. The van der Waals surface area contributed by atoms with Gasteiger partial charge in [0.05, 0.1) is 19.8 Å². The summed E-state index contributed by atoms with van der Waals surface area (Å²) in [5.74, 6) is -1.32. The van der Waals surface area contributed by atoms with Gasteiger partial charge in [0.1, 0.15) is 92.1 Å². The van der Waals surface area contributed by atoms with E-state index in [1.807, 2.05) is 0 Å². The first kappa shape index (κ1) is 69.7. The average Bonchev–Trinajstić information content (AvgIpc) is 3.41. The van der Waals surface area contributed by atoms with E-state index in [1.165, 1.54) is 96.3 Å². The first-order chi connectivity index (χ1) is 36.9. The summed E-state index contributed by atoms with van der Waals surface area (Å²) in [6.45, 7) is 1.00. The number of hydrogen-bond donors (Lipinski definition) is 12. The van der Waals surface area contributed by atoms with Gasteiger partial charge >= 0.3 is 19.8 Å². The quantitative estimate of drug-likeness (QED) is 0.0237. The number of aliphatic hydroxyl groups is 11. The van der Waals surface area contributed by atoms with Crippen LogP contribution in [-0.2, 0) is 51.6 Å². The van der Waals surface area contributed by atoms with Gasteiger partial charge in [-0.3, -0.25) is 18.6 Å². The Morgan fingerprint density at radius 2 is 0.779 bits per heavy atom. The molecule has 3 aliphatic rings. The van der Waals surface area contributed by atoms with Crippen LogP contribution >= 0.6 is 7.82 Å². The summed E-state index contributed by atoms with van der Waals surface area (Å²) in [5.41, 5.74) is 0. The van der Waals surface area contributed by atoms with E-state index in [-0.39, 0.29) is 12.8 Å². The zero-order valence-corrected chi connectivity index (χ0v) is 46.6. The first-order valence-corrected chi connectivity index (χ1v) is 30.4. The Hall–Kier alpha value is -1.55. The van der Waals surface area contributed by atoms with Gasteiger partial charge in [-0.25, -0.2) is 4.57 Å². The van der Waals surface area contributed by atoms with E-state index in [0.29, 0.717) is 12.8 Å². The molecule has 10 unspecified atom stereocenters. The van der Waals surface area contributed by atoms with Crippen molar-refractivity contribution in [3.63, 3.8) is 0 Å². The van der Waals surface area contributed by atoms with Crippen LogP contribution < -0.4 is 0 Å². The van der Waals surface area contributed by atoms with Crippen molar-refractivity contribution in [2.75, 3.05) is 26.4 Å². The van der Waals surface area contributed by atoms with Gasteiger partial charge in [0.15, 0.2) is 18.7 Å². The normalized spacial score (nSPS) is 31.9. The van der Waals surface area contributed by atoms with Crippen LogP contribution in [0.25, 0.3) is 0 Å². The van der Waals surface area contributed by atoms with Gasteiger partial charge in [-0.1, -0.05) is 168 Å². The van der Waals surface area contributed by atoms with Gasteiger partial charge < -0.3 is 89.5 Å². The van der Waals surface area contributed by atoms with Crippen molar-refractivity contribution in [2.24, 2.45) is 0 Å². The summed E-state index contributed by atoms with van der Waals surface area (Å²) in [7, 11) is -5.63.